The second kappa shape index (κ2) is 5.56. The maximum atomic E-state index is 4.91. The van der Waals surface area contributed by atoms with E-state index in [1.807, 2.05) is 18.3 Å². The average Bonchev–Trinajstić information content (AvgIpc) is 3.11. The topological polar surface area (TPSA) is 38.7 Å². The van der Waals surface area contributed by atoms with Crippen LogP contribution in [0.4, 0.5) is 0 Å². The molecular formula is C23H13N3S. The lowest BCUT2D eigenvalue weighted by Crippen LogP contribution is -1.90. The molecule has 0 amide bonds. The summed E-state index contributed by atoms with van der Waals surface area (Å²) in [6.07, 6.45) is 1.82. The van der Waals surface area contributed by atoms with Crippen LogP contribution >= 0.6 is 11.3 Å². The van der Waals surface area contributed by atoms with Crippen LogP contribution in [-0.2, 0) is 0 Å². The van der Waals surface area contributed by atoms with Gasteiger partial charge in [0.05, 0.1) is 22.4 Å². The van der Waals surface area contributed by atoms with Gasteiger partial charge in [0.1, 0.15) is 4.83 Å². The van der Waals surface area contributed by atoms with Gasteiger partial charge >= 0.3 is 0 Å². The van der Waals surface area contributed by atoms with E-state index in [9.17, 15) is 0 Å². The molecule has 6 rings (SSSR count). The monoisotopic (exact) mass is 363 g/mol. The molecule has 27 heavy (non-hydrogen) atoms. The van der Waals surface area contributed by atoms with Crippen molar-refractivity contribution >= 4 is 53.4 Å². The third-order valence-corrected chi connectivity index (χ3v) is 6.02. The molecule has 0 radical (unpaired) electrons. The van der Waals surface area contributed by atoms with Crippen LogP contribution in [0.2, 0.25) is 0 Å². The van der Waals surface area contributed by atoms with Gasteiger partial charge in [0, 0.05) is 32.4 Å². The largest absolute Gasteiger partial charge is 0.254 e. The Hall–Kier alpha value is -3.37. The molecule has 0 saturated carbocycles. The van der Waals surface area contributed by atoms with Gasteiger partial charge in [-0.2, -0.15) is 0 Å². The minimum atomic E-state index is 0.875. The first kappa shape index (κ1) is 14.8. The molecule has 4 aromatic heterocycles. The standard InChI is InChI=1S/C23H13N3S/c1-2-6-20-16(5-1)17-10-12-19(26-23(17)27-20)18-11-9-15-8-7-14-4-3-13-24-21(14)22(15)25-18/h1-13H. The molecule has 3 nitrogen and oxygen atoms in total. The predicted octanol–water partition coefficient (Wildman–Crippen LogP) is 6.21. The van der Waals surface area contributed by atoms with E-state index in [4.69, 9.17) is 9.97 Å². The summed E-state index contributed by atoms with van der Waals surface area (Å²) in [5, 5.41) is 4.65. The van der Waals surface area contributed by atoms with Crippen LogP contribution in [0.15, 0.2) is 79.0 Å². The van der Waals surface area contributed by atoms with E-state index in [1.54, 1.807) is 11.3 Å². The Morgan fingerprint density at radius 2 is 1.37 bits per heavy atom. The Kier molecular flexibility index (Phi) is 3.04. The molecule has 4 heterocycles. The number of nitrogens with zero attached hydrogens (tertiary/aromatic N) is 3. The van der Waals surface area contributed by atoms with Crippen molar-refractivity contribution in [2.24, 2.45) is 0 Å². The van der Waals surface area contributed by atoms with Gasteiger partial charge in [0.25, 0.3) is 0 Å². The van der Waals surface area contributed by atoms with Gasteiger partial charge < -0.3 is 0 Å². The molecule has 0 fully saturated rings. The first-order valence-corrected chi connectivity index (χ1v) is 9.62. The third kappa shape index (κ3) is 2.24. The van der Waals surface area contributed by atoms with Crippen LogP contribution in [0.1, 0.15) is 0 Å². The van der Waals surface area contributed by atoms with Gasteiger partial charge in [-0.3, -0.25) is 4.98 Å². The van der Waals surface area contributed by atoms with Crippen molar-refractivity contribution < 1.29 is 0 Å². The van der Waals surface area contributed by atoms with Crippen molar-refractivity contribution in [3.05, 3.63) is 79.0 Å². The molecule has 126 valence electrons. The number of hydrogen-bond donors (Lipinski definition) is 0. The lowest BCUT2D eigenvalue weighted by molar-refractivity contribution is 1.32. The average molecular weight is 363 g/mol. The van der Waals surface area contributed by atoms with Crippen LogP contribution < -0.4 is 0 Å². The zero-order chi connectivity index (χ0) is 17.8. The van der Waals surface area contributed by atoms with E-state index >= 15 is 0 Å². The van der Waals surface area contributed by atoms with E-state index in [2.05, 4.69) is 65.6 Å². The molecular weight excluding hydrogens is 350 g/mol. The van der Waals surface area contributed by atoms with Gasteiger partial charge in [-0.15, -0.1) is 11.3 Å². The maximum Gasteiger partial charge on any atom is 0.125 e. The molecule has 0 saturated heterocycles. The summed E-state index contributed by atoms with van der Waals surface area (Å²) in [4.78, 5) is 15.4. The number of hydrogen-bond acceptors (Lipinski definition) is 4. The summed E-state index contributed by atoms with van der Waals surface area (Å²) < 4.78 is 1.26. The number of benzene rings is 2. The Morgan fingerprint density at radius 1 is 0.593 bits per heavy atom. The molecule has 6 aromatic rings. The molecule has 2 aromatic carbocycles. The van der Waals surface area contributed by atoms with Crippen LogP contribution in [0, 0.1) is 0 Å². The van der Waals surface area contributed by atoms with Crippen molar-refractivity contribution in [2.45, 2.75) is 0 Å². The molecule has 0 aliphatic heterocycles. The Morgan fingerprint density at radius 3 is 2.33 bits per heavy atom. The number of thiophene rings is 1. The molecule has 0 aliphatic carbocycles. The molecule has 4 heteroatoms. The molecule has 0 bridgehead atoms. The van der Waals surface area contributed by atoms with E-state index in [0.29, 0.717) is 0 Å². The van der Waals surface area contributed by atoms with Crippen LogP contribution in [0.25, 0.3) is 53.5 Å². The van der Waals surface area contributed by atoms with Crippen LogP contribution in [0.3, 0.4) is 0 Å². The highest BCUT2D eigenvalue weighted by molar-refractivity contribution is 7.25. The van der Waals surface area contributed by atoms with E-state index in [-0.39, 0.29) is 0 Å². The summed E-state index contributed by atoms with van der Waals surface area (Å²) >= 11 is 1.73. The van der Waals surface area contributed by atoms with Crippen molar-refractivity contribution in [1.29, 1.82) is 0 Å². The molecule has 0 atom stereocenters. The molecule has 0 N–H and O–H groups in total. The normalized spacial score (nSPS) is 11.7. The Balaban J connectivity index is 1.60. The van der Waals surface area contributed by atoms with Gasteiger partial charge in [-0.05, 0) is 30.3 Å². The number of aromatic nitrogens is 3. The smallest absolute Gasteiger partial charge is 0.125 e. The Labute approximate surface area is 159 Å². The van der Waals surface area contributed by atoms with Crippen molar-refractivity contribution in [3.8, 4) is 11.4 Å². The highest BCUT2D eigenvalue weighted by Gasteiger charge is 2.10. The van der Waals surface area contributed by atoms with Crippen LogP contribution in [-0.4, -0.2) is 15.0 Å². The fraction of sp³-hybridized carbons (Fsp3) is 0. The lowest BCUT2D eigenvalue weighted by Gasteiger charge is -2.05. The van der Waals surface area contributed by atoms with Gasteiger partial charge in [-0.25, -0.2) is 9.97 Å². The van der Waals surface area contributed by atoms with E-state index < -0.39 is 0 Å². The number of fused-ring (bicyclic) bond motifs is 6. The predicted molar refractivity (Wildman–Crippen MR) is 113 cm³/mol. The van der Waals surface area contributed by atoms with Gasteiger partial charge in [-0.1, -0.05) is 42.5 Å². The summed E-state index contributed by atoms with van der Waals surface area (Å²) in [5.41, 5.74) is 3.62. The lowest BCUT2D eigenvalue weighted by atomic mass is 10.1. The first-order chi connectivity index (χ1) is 13.4. The fourth-order valence-electron chi connectivity index (χ4n) is 3.61. The van der Waals surface area contributed by atoms with Crippen molar-refractivity contribution in [2.75, 3.05) is 0 Å². The minimum Gasteiger partial charge on any atom is -0.254 e. The second-order valence-corrected chi connectivity index (χ2v) is 7.59. The minimum absolute atomic E-state index is 0.875. The SMILES string of the molecule is c1cnc2c(c1)ccc1ccc(-c3ccc4c(n3)sc3ccccc34)nc12. The number of pyridine rings is 3. The summed E-state index contributed by atoms with van der Waals surface area (Å²) in [6, 6.07) is 25.0. The van der Waals surface area contributed by atoms with Gasteiger partial charge in [0.15, 0.2) is 0 Å². The summed E-state index contributed by atoms with van der Waals surface area (Å²) in [7, 11) is 0. The highest BCUT2D eigenvalue weighted by atomic mass is 32.1. The first-order valence-electron chi connectivity index (χ1n) is 8.80. The van der Waals surface area contributed by atoms with Crippen molar-refractivity contribution in [3.63, 3.8) is 0 Å². The zero-order valence-electron chi connectivity index (χ0n) is 14.3. The number of rotatable bonds is 1. The van der Waals surface area contributed by atoms with Crippen LogP contribution in [0.5, 0.6) is 0 Å². The van der Waals surface area contributed by atoms with Crippen molar-refractivity contribution in [1.82, 2.24) is 15.0 Å². The third-order valence-electron chi connectivity index (χ3n) is 4.94. The molecule has 0 spiro atoms. The van der Waals surface area contributed by atoms with E-state index in [0.717, 1.165) is 38.0 Å². The summed E-state index contributed by atoms with van der Waals surface area (Å²) in [5.74, 6) is 0. The highest BCUT2D eigenvalue weighted by Crippen LogP contribution is 2.34. The molecule has 0 aliphatic rings. The maximum absolute atomic E-state index is 4.91. The fourth-order valence-corrected chi connectivity index (χ4v) is 4.69. The molecule has 0 unspecified atom stereocenters. The Bertz CT molecular complexity index is 1480. The summed E-state index contributed by atoms with van der Waals surface area (Å²) in [6.45, 7) is 0. The zero-order valence-corrected chi connectivity index (χ0v) is 15.1. The second-order valence-electron chi connectivity index (χ2n) is 6.56. The quantitative estimate of drug-likeness (QED) is 0.326. The van der Waals surface area contributed by atoms with Gasteiger partial charge in [0.2, 0.25) is 0 Å². The van der Waals surface area contributed by atoms with E-state index in [1.165, 1.54) is 15.5 Å².